The van der Waals surface area contributed by atoms with E-state index in [4.69, 9.17) is 16.3 Å². The number of aldehydes is 1. The summed E-state index contributed by atoms with van der Waals surface area (Å²) in [7, 11) is 0. The third-order valence-corrected chi connectivity index (χ3v) is 2.77. The molecule has 0 saturated carbocycles. The lowest BCUT2D eigenvalue weighted by molar-refractivity contribution is -0.385. The van der Waals surface area contributed by atoms with Crippen LogP contribution in [0.15, 0.2) is 36.4 Å². The maximum Gasteiger partial charge on any atom is 0.311 e. The molecule has 0 bridgehead atoms. The van der Waals surface area contributed by atoms with Crippen molar-refractivity contribution in [3.63, 3.8) is 0 Å². The molecule has 0 atom stereocenters. The van der Waals surface area contributed by atoms with Gasteiger partial charge < -0.3 is 4.74 Å². The van der Waals surface area contributed by atoms with E-state index in [0.29, 0.717) is 6.29 Å². The summed E-state index contributed by atoms with van der Waals surface area (Å²) in [5.41, 5.74) is -0.116. The average Bonchev–Trinajstić information content (AvgIpc) is 2.38. The van der Waals surface area contributed by atoms with Gasteiger partial charge in [0.2, 0.25) is 5.75 Å². The second-order valence-corrected chi connectivity index (χ2v) is 4.18. The number of halogens is 2. The minimum absolute atomic E-state index is 0.136. The highest BCUT2D eigenvalue weighted by molar-refractivity contribution is 6.33. The Labute approximate surface area is 117 Å². The van der Waals surface area contributed by atoms with Gasteiger partial charge in [0.25, 0.3) is 0 Å². The summed E-state index contributed by atoms with van der Waals surface area (Å²) in [5, 5.41) is 11.0. The molecule has 2 aromatic carbocycles. The molecule has 0 amide bonds. The molecule has 0 spiro atoms. The molecule has 20 heavy (non-hydrogen) atoms. The Kier molecular flexibility index (Phi) is 3.95. The first-order valence-corrected chi connectivity index (χ1v) is 5.75. The van der Waals surface area contributed by atoms with E-state index in [2.05, 4.69) is 0 Å². The Morgan fingerprint density at radius 3 is 2.60 bits per heavy atom. The standard InChI is InChI=1S/C13H7ClFNO4/c14-11-6-10(3-1-8(11)7-17)20-13-5-9(15)2-4-12(13)16(18)19/h1-7H. The third-order valence-electron chi connectivity index (χ3n) is 2.45. The van der Waals surface area contributed by atoms with Gasteiger partial charge in [-0.3, -0.25) is 14.9 Å². The number of carbonyl (C=O) groups is 1. The number of nitrogens with zero attached hydrogens (tertiary/aromatic N) is 1. The van der Waals surface area contributed by atoms with Crippen molar-refractivity contribution in [2.45, 2.75) is 0 Å². The minimum Gasteiger partial charge on any atom is -0.450 e. The molecule has 0 heterocycles. The van der Waals surface area contributed by atoms with E-state index in [1.54, 1.807) is 0 Å². The number of nitro groups is 1. The summed E-state index contributed by atoms with van der Waals surface area (Å²) < 4.78 is 18.4. The lowest BCUT2D eigenvalue weighted by Gasteiger charge is -2.07. The molecule has 0 unspecified atom stereocenters. The zero-order chi connectivity index (χ0) is 14.7. The summed E-state index contributed by atoms with van der Waals surface area (Å²) in [6.07, 6.45) is 0.566. The van der Waals surface area contributed by atoms with Crippen LogP contribution in [0.5, 0.6) is 11.5 Å². The predicted octanol–water partition coefficient (Wildman–Crippen LogP) is 3.99. The molecule has 2 aromatic rings. The monoisotopic (exact) mass is 295 g/mol. The number of rotatable bonds is 4. The molecule has 0 fully saturated rings. The zero-order valence-electron chi connectivity index (χ0n) is 9.88. The highest BCUT2D eigenvalue weighted by Gasteiger charge is 2.17. The predicted molar refractivity (Wildman–Crippen MR) is 70.0 cm³/mol. The van der Waals surface area contributed by atoms with Gasteiger partial charge in [-0.15, -0.1) is 0 Å². The fourth-order valence-electron chi connectivity index (χ4n) is 1.51. The van der Waals surface area contributed by atoms with Gasteiger partial charge in [-0.05, 0) is 18.2 Å². The number of carbonyl (C=O) groups excluding carboxylic acids is 1. The molecule has 0 radical (unpaired) electrons. The maximum atomic E-state index is 13.1. The van der Waals surface area contributed by atoms with Gasteiger partial charge >= 0.3 is 5.69 Å². The van der Waals surface area contributed by atoms with Crippen LogP contribution in [0.2, 0.25) is 5.02 Å². The van der Waals surface area contributed by atoms with Gasteiger partial charge in [0.05, 0.1) is 9.95 Å². The number of hydrogen-bond donors (Lipinski definition) is 0. The van der Waals surface area contributed by atoms with Gasteiger partial charge in [-0.1, -0.05) is 11.6 Å². The third kappa shape index (κ3) is 2.92. The van der Waals surface area contributed by atoms with E-state index in [0.717, 1.165) is 18.2 Å². The van der Waals surface area contributed by atoms with E-state index >= 15 is 0 Å². The average molecular weight is 296 g/mol. The molecule has 102 valence electrons. The van der Waals surface area contributed by atoms with E-state index < -0.39 is 10.7 Å². The number of benzene rings is 2. The smallest absolute Gasteiger partial charge is 0.311 e. The van der Waals surface area contributed by atoms with Crippen LogP contribution in [0.1, 0.15) is 10.4 Å². The molecule has 0 aromatic heterocycles. The molecule has 0 saturated heterocycles. The van der Waals surface area contributed by atoms with Crippen LogP contribution < -0.4 is 4.74 Å². The van der Waals surface area contributed by atoms with Crippen molar-refractivity contribution in [1.82, 2.24) is 0 Å². The van der Waals surface area contributed by atoms with Crippen molar-refractivity contribution in [3.8, 4) is 11.5 Å². The van der Waals surface area contributed by atoms with Gasteiger partial charge in [0, 0.05) is 23.8 Å². The molecule has 7 heteroatoms. The summed E-state index contributed by atoms with van der Waals surface area (Å²) in [5.74, 6) is -0.750. The Bertz CT molecular complexity index is 690. The Balaban J connectivity index is 2.39. The lowest BCUT2D eigenvalue weighted by atomic mass is 10.2. The van der Waals surface area contributed by atoms with Crippen LogP contribution in [0.4, 0.5) is 10.1 Å². The second-order valence-electron chi connectivity index (χ2n) is 3.77. The van der Waals surface area contributed by atoms with E-state index in [1.165, 1.54) is 18.2 Å². The van der Waals surface area contributed by atoms with Crippen molar-refractivity contribution >= 4 is 23.6 Å². The summed E-state index contributed by atoms with van der Waals surface area (Å²) in [6, 6.07) is 7.00. The zero-order valence-corrected chi connectivity index (χ0v) is 10.6. The SMILES string of the molecule is O=Cc1ccc(Oc2cc(F)ccc2[N+](=O)[O-])cc1Cl. The van der Waals surface area contributed by atoms with Crippen LogP contribution in [-0.2, 0) is 0 Å². The maximum absolute atomic E-state index is 13.1. The number of ether oxygens (including phenoxy) is 1. The summed E-state index contributed by atoms with van der Waals surface area (Å²) in [6.45, 7) is 0. The first-order chi connectivity index (χ1) is 9.51. The van der Waals surface area contributed by atoms with Crippen molar-refractivity contribution in [2.75, 3.05) is 0 Å². The summed E-state index contributed by atoms with van der Waals surface area (Å²) >= 11 is 5.81. The topological polar surface area (TPSA) is 69.4 Å². The Hall–Kier alpha value is -2.47. The molecule has 0 aliphatic carbocycles. The fraction of sp³-hybridized carbons (Fsp3) is 0. The van der Waals surface area contributed by atoms with Crippen LogP contribution in [0, 0.1) is 15.9 Å². The molecular formula is C13H7ClFNO4. The van der Waals surface area contributed by atoms with Gasteiger partial charge in [-0.2, -0.15) is 0 Å². The summed E-state index contributed by atoms with van der Waals surface area (Å²) in [4.78, 5) is 20.8. The fourth-order valence-corrected chi connectivity index (χ4v) is 1.73. The Morgan fingerprint density at radius 2 is 2.00 bits per heavy atom. The van der Waals surface area contributed by atoms with Gasteiger partial charge in [-0.25, -0.2) is 4.39 Å². The first-order valence-electron chi connectivity index (χ1n) is 5.38. The van der Waals surface area contributed by atoms with E-state index in [-0.39, 0.29) is 27.8 Å². The molecule has 2 rings (SSSR count). The van der Waals surface area contributed by atoms with Crippen LogP contribution in [0.3, 0.4) is 0 Å². The normalized spacial score (nSPS) is 10.1. The molecule has 0 N–H and O–H groups in total. The number of nitro benzene ring substituents is 1. The Morgan fingerprint density at radius 1 is 1.25 bits per heavy atom. The molecular weight excluding hydrogens is 289 g/mol. The quantitative estimate of drug-likeness (QED) is 0.486. The van der Waals surface area contributed by atoms with Crippen LogP contribution >= 0.6 is 11.6 Å². The number of hydrogen-bond acceptors (Lipinski definition) is 4. The van der Waals surface area contributed by atoms with Crippen LogP contribution in [-0.4, -0.2) is 11.2 Å². The van der Waals surface area contributed by atoms with Crippen molar-refractivity contribution in [2.24, 2.45) is 0 Å². The van der Waals surface area contributed by atoms with E-state index in [9.17, 15) is 19.3 Å². The van der Waals surface area contributed by atoms with Crippen LogP contribution in [0.25, 0.3) is 0 Å². The van der Waals surface area contributed by atoms with Gasteiger partial charge in [0.15, 0.2) is 6.29 Å². The molecule has 0 aliphatic heterocycles. The first kappa shape index (κ1) is 14.0. The largest absolute Gasteiger partial charge is 0.450 e. The van der Waals surface area contributed by atoms with E-state index in [1.807, 2.05) is 0 Å². The van der Waals surface area contributed by atoms with Gasteiger partial charge in [0.1, 0.15) is 11.6 Å². The minimum atomic E-state index is -0.684. The lowest BCUT2D eigenvalue weighted by Crippen LogP contribution is -1.94. The second kappa shape index (κ2) is 5.66. The molecule has 0 aliphatic rings. The van der Waals surface area contributed by atoms with Crippen molar-refractivity contribution in [1.29, 1.82) is 0 Å². The highest BCUT2D eigenvalue weighted by Crippen LogP contribution is 2.33. The highest BCUT2D eigenvalue weighted by atomic mass is 35.5. The van der Waals surface area contributed by atoms with Crippen molar-refractivity contribution in [3.05, 3.63) is 62.9 Å². The van der Waals surface area contributed by atoms with Crippen molar-refractivity contribution < 1.29 is 18.8 Å². The molecule has 5 nitrogen and oxygen atoms in total.